The normalized spacial score (nSPS) is 12.7. The minimum atomic E-state index is -0.714. The topological polar surface area (TPSA) is 142 Å². The van der Waals surface area contributed by atoms with Crippen molar-refractivity contribution >= 4 is 28.5 Å². The molecule has 10 nitrogen and oxygen atoms in total. The summed E-state index contributed by atoms with van der Waals surface area (Å²) in [5, 5.41) is 34.9. The van der Waals surface area contributed by atoms with Crippen molar-refractivity contribution in [2.24, 2.45) is 4.99 Å². The number of aliphatic imine (C=N–C) groups is 1. The highest BCUT2D eigenvalue weighted by atomic mass is 16.6. The molecule has 170 valence electrons. The number of nitro benzene ring substituents is 3. The monoisotopic (exact) mass is 466 g/mol. The van der Waals surface area contributed by atoms with Crippen molar-refractivity contribution in [3.8, 4) is 22.3 Å². The first-order valence-corrected chi connectivity index (χ1v) is 10.3. The van der Waals surface area contributed by atoms with E-state index in [2.05, 4.69) is 0 Å². The Labute approximate surface area is 197 Å². The Morgan fingerprint density at radius 3 is 1.91 bits per heavy atom. The lowest BCUT2D eigenvalue weighted by molar-refractivity contribution is -0.393. The third kappa shape index (κ3) is 3.68. The summed E-state index contributed by atoms with van der Waals surface area (Å²) < 4.78 is 0. The summed E-state index contributed by atoms with van der Waals surface area (Å²) in [6, 6.07) is 22.7. The molecule has 0 aliphatic heterocycles. The van der Waals surface area contributed by atoms with Crippen molar-refractivity contribution < 1.29 is 14.8 Å². The van der Waals surface area contributed by atoms with E-state index in [4.69, 9.17) is 4.99 Å². The molecule has 0 aromatic heterocycles. The van der Waals surface area contributed by atoms with Gasteiger partial charge in [-0.3, -0.25) is 30.3 Å². The lowest BCUT2D eigenvalue weighted by Gasteiger charge is -2.08. The molecular weight excluding hydrogens is 452 g/mol. The Bertz CT molecular complexity index is 1580. The Morgan fingerprint density at radius 1 is 0.571 bits per heavy atom. The van der Waals surface area contributed by atoms with Crippen molar-refractivity contribution in [3.05, 3.63) is 126 Å². The van der Waals surface area contributed by atoms with Crippen LogP contribution in [0.5, 0.6) is 0 Å². The molecule has 0 unspecified atom stereocenters. The van der Waals surface area contributed by atoms with Crippen LogP contribution in [0.3, 0.4) is 0 Å². The molecule has 0 atom stereocenters. The molecule has 5 rings (SSSR count). The molecule has 4 aromatic rings. The fourth-order valence-corrected chi connectivity index (χ4v) is 4.21. The van der Waals surface area contributed by atoms with Crippen LogP contribution in [0.2, 0.25) is 0 Å². The van der Waals surface area contributed by atoms with E-state index in [0.29, 0.717) is 16.8 Å². The molecule has 10 heteroatoms. The number of hydrogen-bond donors (Lipinski definition) is 0. The molecule has 0 saturated heterocycles. The molecule has 0 amide bonds. The van der Waals surface area contributed by atoms with Crippen molar-refractivity contribution in [2.75, 3.05) is 0 Å². The zero-order chi connectivity index (χ0) is 24.7. The first kappa shape index (κ1) is 21.6. The van der Waals surface area contributed by atoms with Crippen molar-refractivity contribution in [2.45, 2.75) is 0 Å². The van der Waals surface area contributed by atoms with Crippen LogP contribution in [-0.2, 0) is 0 Å². The van der Waals surface area contributed by atoms with E-state index >= 15 is 0 Å². The Balaban J connectivity index is 1.84. The van der Waals surface area contributed by atoms with Gasteiger partial charge in [-0.25, -0.2) is 4.99 Å². The van der Waals surface area contributed by atoms with Gasteiger partial charge in [0.25, 0.3) is 17.1 Å². The van der Waals surface area contributed by atoms with Gasteiger partial charge in [-0.1, -0.05) is 48.5 Å². The molecule has 4 aromatic carbocycles. The summed E-state index contributed by atoms with van der Waals surface area (Å²) >= 11 is 0. The highest BCUT2D eigenvalue weighted by Gasteiger charge is 2.36. The quantitative estimate of drug-likeness (QED) is 0.222. The molecule has 0 heterocycles. The van der Waals surface area contributed by atoms with Gasteiger partial charge in [-0.05, 0) is 23.3 Å². The van der Waals surface area contributed by atoms with E-state index in [0.717, 1.165) is 17.2 Å². The van der Waals surface area contributed by atoms with Crippen LogP contribution >= 0.6 is 0 Å². The van der Waals surface area contributed by atoms with Crippen LogP contribution in [0, 0.1) is 30.3 Å². The molecule has 0 radical (unpaired) electrons. The largest absolute Gasteiger partial charge is 0.284 e. The van der Waals surface area contributed by atoms with E-state index in [-0.39, 0.29) is 22.5 Å². The fourth-order valence-electron chi connectivity index (χ4n) is 4.21. The molecule has 1 aliphatic carbocycles. The van der Waals surface area contributed by atoms with Gasteiger partial charge in [0, 0.05) is 34.9 Å². The molecule has 0 spiro atoms. The predicted molar refractivity (Wildman–Crippen MR) is 129 cm³/mol. The smallest absolute Gasteiger partial charge is 0.258 e. The summed E-state index contributed by atoms with van der Waals surface area (Å²) in [5.41, 5.74) is 2.12. The van der Waals surface area contributed by atoms with E-state index < -0.39 is 26.1 Å². The summed E-state index contributed by atoms with van der Waals surface area (Å²) in [7, 11) is 0. The summed E-state index contributed by atoms with van der Waals surface area (Å²) in [5.74, 6) is 0. The third-order valence-electron chi connectivity index (χ3n) is 5.72. The van der Waals surface area contributed by atoms with E-state index in [1.54, 1.807) is 12.1 Å². The standard InChI is InChI=1S/C25H14N4O6/c30-27(31)16-10-11-19-20(12-16)25(21-13-17(28(32)33)14-23(24(19)21)29(34)35)26-22-9-5-4-8-18(22)15-6-2-1-3-7-15/h1-14H. The van der Waals surface area contributed by atoms with Gasteiger partial charge in [0.1, 0.15) is 0 Å². The zero-order valence-electron chi connectivity index (χ0n) is 17.8. The van der Waals surface area contributed by atoms with Crippen molar-refractivity contribution in [3.63, 3.8) is 0 Å². The molecule has 0 N–H and O–H groups in total. The Morgan fingerprint density at radius 2 is 1.23 bits per heavy atom. The van der Waals surface area contributed by atoms with Crippen LogP contribution in [0.15, 0.2) is 89.9 Å². The molecule has 0 fully saturated rings. The van der Waals surface area contributed by atoms with Crippen molar-refractivity contribution in [1.82, 2.24) is 0 Å². The van der Waals surface area contributed by atoms with Gasteiger partial charge in [0.2, 0.25) is 0 Å². The van der Waals surface area contributed by atoms with Gasteiger partial charge in [-0.2, -0.15) is 0 Å². The molecule has 0 bridgehead atoms. The van der Waals surface area contributed by atoms with Gasteiger partial charge in [-0.15, -0.1) is 0 Å². The second kappa shape index (κ2) is 8.27. The fraction of sp³-hybridized carbons (Fsp3) is 0. The van der Waals surface area contributed by atoms with Crippen molar-refractivity contribution in [1.29, 1.82) is 0 Å². The van der Waals surface area contributed by atoms with E-state index in [1.807, 2.05) is 42.5 Å². The minimum absolute atomic E-state index is 0.140. The first-order valence-electron chi connectivity index (χ1n) is 10.3. The Hall–Kier alpha value is -5.25. The average Bonchev–Trinajstić information content (AvgIpc) is 3.17. The van der Waals surface area contributed by atoms with Crippen LogP contribution in [-0.4, -0.2) is 20.5 Å². The number of non-ortho nitro benzene ring substituents is 2. The number of para-hydroxylation sites is 1. The molecule has 0 saturated carbocycles. The van der Waals surface area contributed by atoms with Gasteiger partial charge < -0.3 is 0 Å². The van der Waals surface area contributed by atoms with E-state index in [9.17, 15) is 30.3 Å². The SMILES string of the molecule is O=[N+]([O-])c1ccc2c(c1)C(=Nc1ccccc1-c1ccccc1)c1cc([N+](=O)[O-])cc([N+](=O)[O-])c1-2. The van der Waals surface area contributed by atoms with Gasteiger partial charge in [0.05, 0.1) is 37.8 Å². The molecular formula is C25H14N4O6. The number of rotatable bonds is 5. The highest BCUT2D eigenvalue weighted by Crippen LogP contribution is 2.46. The zero-order valence-corrected chi connectivity index (χ0v) is 17.8. The lowest BCUT2D eigenvalue weighted by atomic mass is 10.0. The number of benzene rings is 4. The first-order chi connectivity index (χ1) is 16.8. The maximum absolute atomic E-state index is 11.9. The summed E-state index contributed by atoms with van der Waals surface area (Å²) in [6.45, 7) is 0. The Kier molecular flexibility index (Phi) is 5.10. The van der Waals surface area contributed by atoms with Crippen LogP contribution in [0.1, 0.15) is 11.1 Å². The maximum Gasteiger partial charge on any atom is 0.284 e. The second-order valence-electron chi connectivity index (χ2n) is 7.73. The average molecular weight is 466 g/mol. The predicted octanol–water partition coefficient (Wildman–Crippen LogP) is 6.23. The third-order valence-corrected chi connectivity index (χ3v) is 5.72. The summed E-state index contributed by atoms with van der Waals surface area (Å²) in [4.78, 5) is 37.7. The second-order valence-corrected chi connectivity index (χ2v) is 7.73. The van der Waals surface area contributed by atoms with Crippen LogP contribution < -0.4 is 0 Å². The van der Waals surface area contributed by atoms with E-state index in [1.165, 1.54) is 24.3 Å². The van der Waals surface area contributed by atoms with Gasteiger partial charge in [0.15, 0.2) is 0 Å². The highest BCUT2D eigenvalue weighted by molar-refractivity contribution is 6.27. The molecule has 1 aliphatic rings. The number of fused-ring (bicyclic) bond motifs is 3. The van der Waals surface area contributed by atoms with Gasteiger partial charge >= 0.3 is 0 Å². The summed E-state index contributed by atoms with van der Waals surface area (Å²) in [6.07, 6.45) is 0. The van der Waals surface area contributed by atoms with Crippen LogP contribution in [0.25, 0.3) is 22.3 Å². The number of hydrogen-bond acceptors (Lipinski definition) is 7. The number of nitro groups is 3. The maximum atomic E-state index is 11.9. The number of nitrogens with zero attached hydrogens (tertiary/aromatic N) is 4. The van der Waals surface area contributed by atoms with Crippen LogP contribution in [0.4, 0.5) is 22.7 Å². The molecule has 35 heavy (non-hydrogen) atoms. The minimum Gasteiger partial charge on any atom is -0.258 e. The lowest BCUT2D eigenvalue weighted by Crippen LogP contribution is -2.01.